The third kappa shape index (κ3) is 5.14. The average Bonchev–Trinajstić information content (AvgIpc) is 3.35. The zero-order valence-corrected chi connectivity index (χ0v) is 20.3. The number of benzene rings is 2. The number of hydrogen-bond acceptors (Lipinski definition) is 4. The molecule has 1 aliphatic rings. The molecular formula is C27H29FN2O3S. The molecule has 2 aromatic carbocycles. The summed E-state index contributed by atoms with van der Waals surface area (Å²) in [5.74, 6) is -0.560. The van der Waals surface area contributed by atoms with Crippen molar-refractivity contribution in [3.05, 3.63) is 87.9 Å². The lowest BCUT2D eigenvalue weighted by Crippen LogP contribution is -2.49. The Labute approximate surface area is 203 Å². The van der Waals surface area contributed by atoms with E-state index in [0.29, 0.717) is 12.1 Å². The fourth-order valence-electron chi connectivity index (χ4n) is 4.24. The summed E-state index contributed by atoms with van der Waals surface area (Å²) in [5.41, 5.74) is 1.60. The van der Waals surface area contributed by atoms with E-state index >= 15 is 0 Å². The van der Waals surface area contributed by atoms with Crippen LogP contribution in [0.3, 0.4) is 0 Å². The van der Waals surface area contributed by atoms with Gasteiger partial charge in [0.1, 0.15) is 13.2 Å². The first-order valence-corrected chi connectivity index (χ1v) is 12.5. The molecule has 0 aliphatic carbocycles. The van der Waals surface area contributed by atoms with Crippen molar-refractivity contribution in [2.75, 3.05) is 19.7 Å². The first-order valence-electron chi connectivity index (χ1n) is 11.6. The van der Waals surface area contributed by atoms with E-state index in [-0.39, 0.29) is 42.8 Å². The fraction of sp³-hybridized carbons (Fsp3) is 0.333. The number of para-hydroxylation sites is 1. The highest BCUT2D eigenvalue weighted by Crippen LogP contribution is 2.34. The molecule has 2 atom stereocenters. The van der Waals surface area contributed by atoms with Gasteiger partial charge in [0.05, 0.1) is 6.04 Å². The normalized spacial score (nSPS) is 16.0. The van der Waals surface area contributed by atoms with Crippen LogP contribution in [0.5, 0.6) is 5.75 Å². The lowest BCUT2D eigenvalue weighted by Gasteiger charge is -2.38. The number of ether oxygens (including phenoxy) is 1. The molecule has 4 rings (SSSR count). The van der Waals surface area contributed by atoms with Gasteiger partial charge in [-0.15, -0.1) is 11.3 Å². The van der Waals surface area contributed by atoms with Crippen LogP contribution in [0.4, 0.5) is 4.39 Å². The third-order valence-corrected chi connectivity index (χ3v) is 7.36. The fourth-order valence-corrected chi connectivity index (χ4v) is 5.16. The highest BCUT2D eigenvalue weighted by molar-refractivity contribution is 7.10. The predicted molar refractivity (Wildman–Crippen MR) is 132 cm³/mol. The summed E-state index contributed by atoms with van der Waals surface area (Å²) < 4.78 is 20.0. The Kier molecular flexibility index (Phi) is 7.63. The average molecular weight is 481 g/mol. The van der Waals surface area contributed by atoms with E-state index in [1.165, 1.54) is 10.9 Å². The lowest BCUT2D eigenvalue weighted by molar-refractivity contribution is -0.136. The molecule has 0 bridgehead atoms. The molecule has 1 aliphatic heterocycles. The number of thiophene rings is 1. The highest BCUT2D eigenvalue weighted by atomic mass is 32.1. The molecule has 0 spiro atoms. The van der Waals surface area contributed by atoms with Crippen molar-refractivity contribution < 1.29 is 18.7 Å². The minimum absolute atomic E-state index is 0.0155. The number of halogens is 1. The Morgan fingerprint density at radius 1 is 1.15 bits per heavy atom. The first kappa shape index (κ1) is 24.0. The summed E-state index contributed by atoms with van der Waals surface area (Å²) in [5, 5.41) is 2.01. The molecule has 0 fully saturated rings. The van der Waals surface area contributed by atoms with Crippen LogP contribution in [0.15, 0.2) is 66.0 Å². The Morgan fingerprint density at radius 3 is 2.62 bits per heavy atom. The second-order valence-corrected chi connectivity index (χ2v) is 9.45. The number of nitrogens with zero attached hydrogens (tertiary/aromatic N) is 2. The van der Waals surface area contributed by atoms with Crippen LogP contribution in [-0.4, -0.2) is 47.4 Å². The summed E-state index contributed by atoms with van der Waals surface area (Å²) in [4.78, 5) is 31.5. The van der Waals surface area contributed by atoms with Gasteiger partial charge in [-0.05, 0) is 61.0 Å². The lowest BCUT2D eigenvalue weighted by atomic mass is 10.00. The maximum atomic E-state index is 14.1. The molecule has 0 unspecified atom stereocenters. The van der Waals surface area contributed by atoms with Crippen LogP contribution >= 0.6 is 11.3 Å². The van der Waals surface area contributed by atoms with Crippen molar-refractivity contribution in [3.8, 4) is 5.75 Å². The van der Waals surface area contributed by atoms with Gasteiger partial charge in [0, 0.05) is 23.0 Å². The third-order valence-electron chi connectivity index (χ3n) is 6.36. The minimum atomic E-state index is -0.432. The maximum absolute atomic E-state index is 14.1. The van der Waals surface area contributed by atoms with Gasteiger partial charge in [0.2, 0.25) is 5.91 Å². The van der Waals surface area contributed by atoms with Crippen molar-refractivity contribution in [2.24, 2.45) is 0 Å². The topological polar surface area (TPSA) is 49.9 Å². The van der Waals surface area contributed by atoms with Crippen LogP contribution in [-0.2, 0) is 11.2 Å². The van der Waals surface area contributed by atoms with Gasteiger partial charge in [-0.3, -0.25) is 9.59 Å². The van der Waals surface area contributed by atoms with Gasteiger partial charge in [0.15, 0.2) is 11.6 Å². The molecule has 178 valence electrons. The molecule has 0 saturated carbocycles. The van der Waals surface area contributed by atoms with E-state index in [2.05, 4.69) is 0 Å². The summed E-state index contributed by atoms with van der Waals surface area (Å²) in [6.07, 6.45) is 1.49. The Balaban J connectivity index is 1.55. The number of carbonyl (C=O) groups excluding carboxylic acids is 2. The second kappa shape index (κ2) is 10.8. The maximum Gasteiger partial charge on any atom is 0.254 e. The van der Waals surface area contributed by atoms with E-state index < -0.39 is 5.82 Å². The summed E-state index contributed by atoms with van der Waals surface area (Å²) in [6.45, 7) is 4.63. The highest BCUT2D eigenvalue weighted by Gasteiger charge is 2.34. The van der Waals surface area contributed by atoms with Gasteiger partial charge < -0.3 is 14.5 Å². The van der Waals surface area contributed by atoms with Gasteiger partial charge in [-0.25, -0.2) is 4.39 Å². The first-order chi connectivity index (χ1) is 16.5. The van der Waals surface area contributed by atoms with Crippen molar-refractivity contribution in [1.82, 2.24) is 9.80 Å². The van der Waals surface area contributed by atoms with Crippen LogP contribution in [0.2, 0.25) is 0 Å². The minimum Gasteiger partial charge on any atom is -0.488 e. The standard InChI is InChI=1S/C27H29FN2O3S/c1-3-19(2)30(27(32)20-9-5-4-6-10-20)17-26(31)29-15-13-25-21(14-16-34-25)23(29)18-33-24-12-8-7-11-22(24)28/h4-12,14,16,19,23H,3,13,15,17-18H2,1-2H3/t19-,23-/m0/s1. The van der Waals surface area contributed by atoms with Gasteiger partial charge in [0.25, 0.3) is 5.91 Å². The van der Waals surface area contributed by atoms with Crippen molar-refractivity contribution in [3.63, 3.8) is 0 Å². The van der Waals surface area contributed by atoms with Crippen LogP contribution in [0.25, 0.3) is 0 Å². The van der Waals surface area contributed by atoms with Gasteiger partial charge in [-0.2, -0.15) is 0 Å². The molecule has 34 heavy (non-hydrogen) atoms. The monoisotopic (exact) mass is 480 g/mol. The number of fused-ring (bicyclic) bond motifs is 1. The van der Waals surface area contributed by atoms with Crippen molar-refractivity contribution in [1.29, 1.82) is 0 Å². The predicted octanol–water partition coefficient (Wildman–Crippen LogP) is 5.33. The molecule has 2 heterocycles. The smallest absolute Gasteiger partial charge is 0.254 e. The number of hydrogen-bond donors (Lipinski definition) is 0. The van der Waals surface area contributed by atoms with Crippen molar-refractivity contribution in [2.45, 2.75) is 38.8 Å². The van der Waals surface area contributed by atoms with Crippen LogP contribution in [0.1, 0.15) is 47.1 Å². The summed E-state index contributed by atoms with van der Waals surface area (Å²) in [7, 11) is 0. The number of amides is 2. The van der Waals surface area contributed by atoms with Gasteiger partial charge >= 0.3 is 0 Å². The van der Waals surface area contributed by atoms with E-state index in [9.17, 15) is 14.0 Å². The zero-order chi connectivity index (χ0) is 24.1. The quantitative estimate of drug-likeness (QED) is 0.438. The molecule has 2 amide bonds. The number of rotatable bonds is 8. The molecule has 0 N–H and O–H groups in total. The number of carbonyl (C=O) groups is 2. The van der Waals surface area contributed by atoms with E-state index in [4.69, 9.17) is 4.74 Å². The Bertz CT molecular complexity index is 1130. The molecule has 1 aromatic heterocycles. The molecule has 0 radical (unpaired) electrons. The zero-order valence-electron chi connectivity index (χ0n) is 19.4. The molecule has 3 aromatic rings. The molecule has 5 nitrogen and oxygen atoms in total. The second-order valence-electron chi connectivity index (χ2n) is 8.45. The van der Waals surface area contributed by atoms with E-state index in [1.54, 1.807) is 51.5 Å². The van der Waals surface area contributed by atoms with Crippen LogP contribution in [0, 0.1) is 5.82 Å². The summed E-state index contributed by atoms with van der Waals surface area (Å²) >= 11 is 1.66. The van der Waals surface area contributed by atoms with E-state index in [0.717, 1.165) is 18.4 Å². The summed E-state index contributed by atoms with van der Waals surface area (Å²) in [6, 6.07) is 16.9. The Hall–Kier alpha value is -3.19. The Morgan fingerprint density at radius 2 is 1.88 bits per heavy atom. The molecule has 7 heteroatoms. The van der Waals surface area contributed by atoms with Gasteiger partial charge in [-0.1, -0.05) is 37.3 Å². The van der Waals surface area contributed by atoms with E-state index in [1.807, 2.05) is 43.5 Å². The van der Waals surface area contributed by atoms with Crippen molar-refractivity contribution >= 4 is 23.2 Å². The van der Waals surface area contributed by atoms with Crippen LogP contribution < -0.4 is 4.74 Å². The SMILES string of the molecule is CC[C@H](C)N(CC(=O)N1CCc2sccc2[C@@H]1COc1ccccc1F)C(=O)c1ccccc1. The largest absolute Gasteiger partial charge is 0.488 e. The molecule has 0 saturated heterocycles. The molecular weight excluding hydrogens is 451 g/mol.